The Bertz CT molecular complexity index is 295. The standard InChI is InChI=1S/C11H17BrN2/c1-14-11(6-7-13-14)5-3-9-2-4-10(12)8-9/h6-7,9-10H,2-5,8H2,1H3. The molecular weight excluding hydrogens is 240 g/mol. The molecule has 0 N–H and O–H groups in total. The molecule has 1 aromatic heterocycles. The van der Waals surface area contributed by atoms with Gasteiger partial charge in [-0.15, -0.1) is 0 Å². The average Bonchev–Trinajstić information content (AvgIpc) is 2.72. The van der Waals surface area contributed by atoms with E-state index in [1.165, 1.54) is 37.8 Å². The smallest absolute Gasteiger partial charge is 0.0492 e. The molecule has 0 saturated heterocycles. The van der Waals surface area contributed by atoms with Crippen LogP contribution in [0.1, 0.15) is 31.4 Å². The van der Waals surface area contributed by atoms with E-state index in [1.807, 2.05) is 17.9 Å². The molecule has 0 aliphatic heterocycles. The van der Waals surface area contributed by atoms with Gasteiger partial charge in [0.2, 0.25) is 0 Å². The van der Waals surface area contributed by atoms with Crippen molar-refractivity contribution in [2.45, 2.75) is 36.9 Å². The lowest BCUT2D eigenvalue weighted by Crippen LogP contribution is -2.02. The zero-order chi connectivity index (χ0) is 9.97. The van der Waals surface area contributed by atoms with E-state index < -0.39 is 0 Å². The lowest BCUT2D eigenvalue weighted by Gasteiger charge is -2.08. The molecular formula is C11H17BrN2. The molecule has 0 spiro atoms. The number of nitrogens with zero attached hydrogens (tertiary/aromatic N) is 2. The number of alkyl halides is 1. The maximum Gasteiger partial charge on any atom is 0.0492 e. The van der Waals surface area contributed by atoms with E-state index in [0.29, 0.717) is 0 Å². The van der Waals surface area contributed by atoms with Crippen molar-refractivity contribution in [2.75, 3.05) is 0 Å². The number of hydrogen-bond acceptors (Lipinski definition) is 1. The van der Waals surface area contributed by atoms with Crippen LogP contribution in [-0.4, -0.2) is 14.6 Å². The summed E-state index contributed by atoms with van der Waals surface area (Å²) in [7, 11) is 2.03. The molecule has 1 fully saturated rings. The Morgan fingerprint density at radius 2 is 2.43 bits per heavy atom. The summed E-state index contributed by atoms with van der Waals surface area (Å²) >= 11 is 3.69. The van der Waals surface area contributed by atoms with Crippen LogP contribution in [0.3, 0.4) is 0 Å². The van der Waals surface area contributed by atoms with Gasteiger partial charge >= 0.3 is 0 Å². The minimum absolute atomic E-state index is 0.777. The third kappa shape index (κ3) is 2.38. The summed E-state index contributed by atoms with van der Waals surface area (Å²) in [6.45, 7) is 0. The first-order valence-electron chi connectivity index (χ1n) is 5.36. The van der Waals surface area contributed by atoms with Crippen LogP contribution < -0.4 is 0 Å². The Hall–Kier alpha value is -0.310. The van der Waals surface area contributed by atoms with Crippen LogP contribution in [-0.2, 0) is 13.5 Å². The Balaban J connectivity index is 1.80. The van der Waals surface area contributed by atoms with Gasteiger partial charge in [-0.1, -0.05) is 15.9 Å². The second-order valence-corrected chi connectivity index (χ2v) is 5.56. The van der Waals surface area contributed by atoms with E-state index in [1.54, 1.807) is 0 Å². The molecule has 2 nitrogen and oxygen atoms in total. The first kappa shape index (κ1) is 10.2. The Labute approximate surface area is 93.8 Å². The van der Waals surface area contributed by atoms with Crippen LogP contribution in [0.5, 0.6) is 0 Å². The van der Waals surface area contributed by atoms with E-state index in [0.717, 1.165) is 10.7 Å². The van der Waals surface area contributed by atoms with Gasteiger partial charge in [0.25, 0.3) is 0 Å². The molecule has 0 bridgehead atoms. The van der Waals surface area contributed by atoms with Crippen LogP contribution in [0.2, 0.25) is 0 Å². The first-order valence-corrected chi connectivity index (χ1v) is 6.28. The molecule has 3 heteroatoms. The molecule has 2 unspecified atom stereocenters. The molecule has 1 heterocycles. The third-order valence-electron chi connectivity index (χ3n) is 3.21. The van der Waals surface area contributed by atoms with Gasteiger partial charge in [-0.05, 0) is 44.1 Å². The predicted octanol–water partition coefficient (Wildman–Crippen LogP) is 2.92. The quantitative estimate of drug-likeness (QED) is 0.761. The highest BCUT2D eigenvalue weighted by molar-refractivity contribution is 9.09. The normalized spacial score (nSPS) is 27.0. The molecule has 0 aromatic carbocycles. The molecule has 1 aliphatic rings. The molecule has 2 atom stereocenters. The van der Waals surface area contributed by atoms with E-state index >= 15 is 0 Å². The highest BCUT2D eigenvalue weighted by atomic mass is 79.9. The molecule has 14 heavy (non-hydrogen) atoms. The van der Waals surface area contributed by atoms with Crippen LogP contribution in [0, 0.1) is 5.92 Å². The third-order valence-corrected chi connectivity index (χ3v) is 4.04. The fourth-order valence-corrected chi connectivity index (χ4v) is 3.07. The second kappa shape index (κ2) is 4.47. The SMILES string of the molecule is Cn1nccc1CCC1CCC(Br)C1. The van der Waals surface area contributed by atoms with E-state index in [4.69, 9.17) is 0 Å². The molecule has 1 aromatic rings. The van der Waals surface area contributed by atoms with Crippen molar-refractivity contribution in [3.05, 3.63) is 18.0 Å². The van der Waals surface area contributed by atoms with Crippen molar-refractivity contribution in [3.63, 3.8) is 0 Å². The molecule has 0 amide bonds. The van der Waals surface area contributed by atoms with Crippen LogP contribution in [0.4, 0.5) is 0 Å². The van der Waals surface area contributed by atoms with Gasteiger partial charge in [0, 0.05) is 23.8 Å². The van der Waals surface area contributed by atoms with Gasteiger partial charge in [0.1, 0.15) is 0 Å². The zero-order valence-corrected chi connectivity index (χ0v) is 10.2. The summed E-state index contributed by atoms with van der Waals surface area (Å²) in [6.07, 6.45) is 8.50. The monoisotopic (exact) mass is 256 g/mol. The van der Waals surface area contributed by atoms with Crippen molar-refractivity contribution < 1.29 is 0 Å². The molecule has 0 radical (unpaired) electrons. The molecule has 1 saturated carbocycles. The van der Waals surface area contributed by atoms with Crippen LogP contribution in [0.25, 0.3) is 0 Å². The number of hydrogen-bond donors (Lipinski definition) is 0. The fraction of sp³-hybridized carbons (Fsp3) is 0.727. The van der Waals surface area contributed by atoms with Gasteiger partial charge in [0.15, 0.2) is 0 Å². The molecule has 78 valence electrons. The lowest BCUT2D eigenvalue weighted by molar-refractivity contribution is 0.495. The average molecular weight is 257 g/mol. The summed E-state index contributed by atoms with van der Waals surface area (Å²) in [5.74, 6) is 0.925. The summed E-state index contributed by atoms with van der Waals surface area (Å²) in [5, 5.41) is 4.18. The number of aryl methyl sites for hydroxylation is 2. The van der Waals surface area contributed by atoms with Crippen molar-refractivity contribution in [1.82, 2.24) is 9.78 Å². The summed E-state index contributed by atoms with van der Waals surface area (Å²) in [5.41, 5.74) is 1.36. The molecule has 1 aliphatic carbocycles. The Morgan fingerprint density at radius 1 is 1.57 bits per heavy atom. The lowest BCUT2D eigenvalue weighted by atomic mass is 10.0. The van der Waals surface area contributed by atoms with E-state index in [9.17, 15) is 0 Å². The summed E-state index contributed by atoms with van der Waals surface area (Å²) in [6, 6.07) is 2.13. The highest BCUT2D eigenvalue weighted by Gasteiger charge is 2.22. The minimum Gasteiger partial charge on any atom is -0.273 e. The van der Waals surface area contributed by atoms with Gasteiger partial charge in [-0.2, -0.15) is 5.10 Å². The summed E-state index contributed by atoms with van der Waals surface area (Å²) in [4.78, 5) is 0.777. The number of rotatable bonds is 3. The maximum absolute atomic E-state index is 4.18. The highest BCUT2D eigenvalue weighted by Crippen LogP contribution is 2.33. The van der Waals surface area contributed by atoms with E-state index in [-0.39, 0.29) is 0 Å². The van der Waals surface area contributed by atoms with Crippen molar-refractivity contribution in [2.24, 2.45) is 13.0 Å². The van der Waals surface area contributed by atoms with Crippen molar-refractivity contribution in [3.8, 4) is 0 Å². The Kier molecular flexibility index (Phi) is 3.26. The maximum atomic E-state index is 4.18. The van der Waals surface area contributed by atoms with Gasteiger partial charge in [0.05, 0.1) is 0 Å². The molecule has 2 rings (SSSR count). The zero-order valence-electron chi connectivity index (χ0n) is 8.62. The van der Waals surface area contributed by atoms with Crippen LogP contribution >= 0.6 is 15.9 Å². The van der Waals surface area contributed by atoms with Crippen molar-refractivity contribution in [1.29, 1.82) is 0 Å². The first-order chi connectivity index (χ1) is 6.75. The second-order valence-electron chi connectivity index (χ2n) is 4.26. The minimum atomic E-state index is 0.777. The predicted molar refractivity (Wildman–Crippen MR) is 61.6 cm³/mol. The van der Waals surface area contributed by atoms with Crippen LogP contribution in [0.15, 0.2) is 12.3 Å². The van der Waals surface area contributed by atoms with Gasteiger partial charge in [-0.25, -0.2) is 0 Å². The van der Waals surface area contributed by atoms with Crippen molar-refractivity contribution >= 4 is 15.9 Å². The number of halogens is 1. The summed E-state index contributed by atoms with van der Waals surface area (Å²) < 4.78 is 1.99. The topological polar surface area (TPSA) is 17.8 Å². The number of aromatic nitrogens is 2. The van der Waals surface area contributed by atoms with Gasteiger partial charge < -0.3 is 0 Å². The van der Waals surface area contributed by atoms with E-state index in [2.05, 4.69) is 27.1 Å². The van der Waals surface area contributed by atoms with Gasteiger partial charge in [-0.3, -0.25) is 4.68 Å². The fourth-order valence-electron chi connectivity index (χ4n) is 2.27. The largest absolute Gasteiger partial charge is 0.273 e. The Morgan fingerprint density at radius 3 is 3.00 bits per heavy atom.